The summed E-state index contributed by atoms with van der Waals surface area (Å²) >= 11 is 6.63. The number of aromatic nitrogens is 3. The number of para-hydroxylation sites is 1. The quantitative estimate of drug-likeness (QED) is 0.352. The summed E-state index contributed by atoms with van der Waals surface area (Å²) in [6, 6.07) is 12.8. The molecule has 10 heteroatoms. The summed E-state index contributed by atoms with van der Waals surface area (Å²) in [4.78, 5) is 53.4. The molecule has 0 saturated heterocycles. The fourth-order valence-corrected chi connectivity index (χ4v) is 6.21. The van der Waals surface area contributed by atoms with E-state index in [4.69, 9.17) is 0 Å². The summed E-state index contributed by atoms with van der Waals surface area (Å²) in [6.07, 6.45) is 3.14. The molecule has 2 atom stereocenters. The van der Waals surface area contributed by atoms with Gasteiger partial charge in [0.25, 0.3) is 0 Å². The van der Waals surface area contributed by atoms with Gasteiger partial charge < -0.3 is 5.11 Å². The van der Waals surface area contributed by atoms with E-state index < -0.39 is 23.3 Å². The maximum Gasteiger partial charge on any atom is 0.352 e. The van der Waals surface area contributed by atoms with Crippen LogP contribution in [-0.2, 0) is 16.1 Å². The zero-order chi connectivity index (χ0) is 25.3. The summed E-state index contributed by atoms with van der Waals surface area (Å²) in [5.74, 6) is -1.49. The van der Waals surface area contributed by atoms with Crippen molar-refractivity contribution < 1.29 is 14.7 Å². The lowest BCUT2D eigenvalue weighted by Crippen LogP contribution is -2.40. The SMILES string of the molecule is O=C1C=C(Br)C(=O)C2=C1C(c1cc(Br)ccc1O)C1=CCn3c(=O)n(-c4ccccc4)c(=O)n3C1C2. The highest BCUT2D eigenvalue weighted by Crippen LogP contribution is 2.51. The number of ketones is 2. The predicted molar refractivity (Wildman–Crippen MR) is 139 cm³/mol. The van der Waals surface area contributed by atoms with Gasteiger partial charge in [-0.1, -0.05) is 40.2 Å². The van der Waals surface area contributed by atoms with Crippen molar-refractivity contribution in [2.75, 3.05) is 0 Å². The molecule has 3 aromatic rings. The van der Waals surface area contributed by atoms with E-state index in [1.54, 1.807) is 42.5 Å². The second-order valence-corrected chi connectivity index (χ2v) is 10.6. The number of rotatable bonds is 2. The van der Waals surface area contributed by atoms with Gasteiger partial charge in [-0.3, -0.25) is 9.59 Å². The third kappa shape index (κ3) is 3.24. The molecule has 0 radical (unpaired) electrons. The van der Waals surface area contributed by atoms with Crippen molar-refractivity contribution in [1.82, 2.24) is 13.9 Å². The maximum absolute atomic E-state index is 13.7. The number of carbonyl (C=O) groups excluding carboxylic acids is 2. The molecule has 2 aliphatic carbocycles. The van der Waals surface area contributed by atoms with E-state index in [9.17, 15) is 24.3 Å². The van der Waals surface area contributed by atoms with Crippen LogP contribution in [-0.4, -0.2) is 30.6 Å². The molecule has 0 fully saturated rings. The first-order chi connectivity index (χ1) is 17.3. The van der Waals surface area contributed by atoms with Crippen LogP contribution in [0.15, 0.2) is 95.9 Å². The summed E-state index contributed by atoms with van der Waals surface area (Å²) < 4.78 is 4.66. The molecule has 8 nitrogen and oxygen atoms in total. The number of phenols is 1. The van der Waals surface area contributed by atoms with Gasteiger partial charge in [0.15, 0.2) is 11.6 Å². The van der Waals surface area contributed by atoms with Gasteiger partial charge in [-0.15, -0.1) is 0 Å². The lowest BCUT2D eigenvalue weighted by molar-refractivity contribution is -0.115. The summed E-state index contributed by atoms with van der Waals surface area (Å²) in [6.45, 7) is 0.106. The Morgan fingerprint density at radius 1 is 0.944 bits per heavy atom. The molecular formula is C26H17Br2N3O5. The van der Waals surface area contributed by atoms with E-state index in [1.807, 2.05) is 6.08 Å². The molecule has 0 bridgehead atoms. The molecule has 0 amide bonds. The van der Waals surface area contributed by atoms with Crippen molar-refractivity contribution in [3.8, 4) is 11.4 Å². The number of allylic oxidation sites excluding steroid dienone is 6. The Morgan fingerprint density at radius 3 is 2.44 bits per heavy atom. The van der Waals surface area contributed by atoms with Crippen LogP contribution in [0.2, 0.25) is 0 Å². The second kappa shape index (κ2) is 8.28. The predicted octanol–water partition coefficient (Wildman–Crippen LogP) is 3.66. The highest BCUT2D eigenvalue weighted by molar-refractivity contribution is 9.12. The first kappa shape index (κ1) is 22.9. The summed E-state index contributed by atoms with van der Waals surface area (Å²) in [5, 5.41) is 10.8. The van der Waals surface area contributed by atoms with E-state index >= 15 is 0 Å². The van der Waals surface area contributed by atoms with Gasteiger partial charge in [-0.2, -0.15) is 0 Å². The molecule has 1 aliphatic heterocycles. The van der Waals surface area contributed by atoms with Gasteiger partial charge in [0.1, 0.15) is 5.75 Å². The number of benzene rings is 2. The molecule has 0 spiro atoms. The van der Waals surface area contributed by atoms with Crippen LogP contribution in [0.4, 0.5) is 0 Å². The molecule has 2 heterocycles. The molecule has 3 aliphatic rings. The molecule has 36 heavy (non-hydrogen) atoms. The Bertz CT molecular complexity index is 1710. The van der Waals surface area contributed by atoms with Crippen LogP contribution in [0.5, 0.6) is 5.75 Å². The van der Waals surface area contributed by atoms with Gasteiger partial charge in [-0.25, -0.2) is 23.5 Å². The van der Waals surface area contributed by atoms with Gasteiger partial charge in [0.05, 0.1) is 22.8 Å². The molecule has 1 aromatic heterocycles. The number of phenolic OH excluding ortho intramolecular Hbond substituents is 1. The molecule has 6 rings (SSSR count). The second-order valence-electron chi connectivity index (χ2n) is 8.80. The highest BCUT2D eigenvalue weighted by atomic mass is 79.9. The molecule has 2 unspecified atom stereocenters. The standard InChI is InChI=1S/C26H17Br2N3O5/c27-13-6-7-20(32)16(10-13)22-15-8-9-29-25(35)30(14-4-2-1-3-5-14)26(36)31(29)19(15)11-17-23(22)21(33)12-18(28)24(17)34/h1-8,10,12,19,22,32H,9,11H2. The van der Waals surface area contributed by atoms with Crippen molar-refractivity contribution in [2.24, 2.45) is 0 Å². The monoisotopic (exact) mass is 609 g/mol. The zero-order valence-corrected chi connectivity index (χ0v) is 21.7. The van der Waals surface area contributed by atoms with Crippen molar-refractivity contribution in [2.45, 2.75) is 24.9 Å². The maximum atomic E-state index is 13.7. The highest BCUT2D eigenvalue weighted by Gasteiger charge is 2.45. The minimum Gasteiger partial charge on any atom is -0.508 e. The van der Waals surface area contributed by atoms with E-state index in [2.05, 4.69) is 31.9 Å². The van der Waals surface area contributed by atoms with Crippen LogP contribution in [0, 0.1) is 0 Å². The lowest BCUT2D eigenvalue weighted by atomic mass is 9.68. The third-order valence-electron chi connectivity index (χ3n) is 6.91. The number of hydrogen-bond acceptors (Lipinski definition) is 5. The average molecular weight is 611 g/mol. The molecule has 0 saturated carbocycles. The number of aromatic hydroxyl groups is 1. The van der Waals surface area contributed by atoms with Crippen molar-refractivity contribution in [3.05, 3.63) is 113 Å². The summed E-state index contributed by atoms with van der Waals surface area (Å²) in [7, 11) is 0. The molecule has 1 N–H and O–H groups in total. The van der Waals surface area contributed by atoms with E-state index in [-0.39, 0.29) is 45.9 Å². The zero-order valence-electron chi connectivity index (χ0n) is 18.5. The first-order valence-corrected chi connectivity index (χ1v) is 12.7. The Balaban J connectivity index is 1.61. The number of Topliss-reactive ketones (excluding diaryl/α,β-unsaturated/α-hetero) is 1. The topological polar surface area (TPSA) is 103 Å². The van der Waals surface area contributed by atoms with Crippen molar-refractivity contribution >= 4 is 43.4 Å². The summed E-state index contributed by atoms with van der Waals surface area (Å²) in [5.41, 5.74) is 1.08. The lowest BCUT2D eigenvalue weighted by Gasteiger charge is -2.39. The van der Waals surface area contributed by atoms with Crippen LogP contribution in [0.25, 0.3) is 5.69 Å². The largest absolute Gasteiger partial charge is 0.508 e. The molecular weight excluding hydrogens is 594 g/mol. The fraction of sp³-hybridized carbons (Fsp3) is 0.154. The van der Waals surface area contributed by atoms with Crippen LogP contribution >= 0.6 is 31.9 Å². The van der Waals surface area contributed by atoms with Crippen molar-refractivity contribution in [1.29, 1.82) is 0 Å². The van der Waals surface area contributed by atoms with Gasteiger partial charge in [-0.05, 0) is 51.8 Å². The van der Waals surface area contributed by atoms with Crippen LogP contribution < -0.4 is 11.4 Å². The molecule has 2 aromatic carbocycles. The first-order valence-electron chi connectivity index (χ1n) is 11.2. The minimum atomic E-state index is -0.764. The van der Waals surface area contributed by atoms with E-state index in [1.165, 1.54) is 21.5 Å². The van der Waals surface area contributed by atoms with Gasteiger partial charge in [0, 0.05) is 39.6 Å². The van der Waals surface area contributed by atoms with Crippen LogP contribution in [0.3, 0.4) is 0 Å². The van der Waals surface area contributed by atoms with E-state index in [0.717, 1.165) is 4.57 Å². The average Bonchev–Trinajstić information content (AvgIpc) is 3.13. The van der Waals surface area contributed by atoms with Crippen LogP contribution in [0.1, 0.15) is 23.9 Å². The minimum absolute atomic E-state index is 0.0392. The van der Waals surface area contributed by atoms with Crippen molar-refractivity contribution in [3.63, 3.8) is 0 Å². The Hall–Kier alpha value is -3.50. The fourth-order valence-electron chi connectivity index (χ4n) is 5.39. The van der Waals surface area contributed by atoms with Gasteiger partial charge >= 0.3 is 11.4 Å². The number of halogens is 2. The molecule has 180 valence electrons. The Kier molecular flexibility index (Phi) is 5.27. The van der Waals surface area contributed by atoms with Gasteiger partial charge in [0.2, 0.25) is 0 Å². The number of fused-ring (bicyclic) bond motifs is 3. The third-order valence-corrected chi connectivity index (χ3v) is 8.00. The number of hydrogen-bond donors (Lipinski definition) is 1. The smallest absolute Gasteiger partial charge is 0.352 e. The van der Waals surface area contributed by atoms with E-state index in [0.29, 0.717) is 21.3 Å². The number of carbonyl (C=O) groups is 2. The number of nitrogens with zero attached hydrogens (tertiary/aromatic N) is 3. The Morgan fingerprint density at radius 2 is 1.69 bits per heavy atom. The normalized spacial score (nSPS) is 20.9. The Labute approximate surface area is 220 Å².